The van der Waals surface area contributed by atoms with Gasteiger partial charge in [-0.05, 0) is 19.8 Å². The Morgan fingerprint density at radius 2 is 2.32 bits per heavy atom. The number of piperidine rings is 1. The monoisotopic (exact) mass is 319 g/mol. The van der Waals surface area contributed by atoms with E-state index in [0.717, 1.165) is 36.6 Å². The number of nitrogens with zero attached hydrogens (tertiary/aromatic N) is 3. The summed E-state index contributed by atoms with van der Waals surface area (Å²) in [5, 5.41) is 3.21. The van der Waals surface area contributed by atoms with E-state index in [1.54, 1.807) is 11.3 Å². The topological polar surface area (TPSA) is 59.2 Å². The third-order valence-electron chi connectivity index (χ3n) is 4.02. The van der Waals surface area contributed by atoms with Gasteiger partial charge in [0.25, 0.3) is 5.91 Å². The molecule has 0 spiro atoms. The molecule has 5 nitrogen and oxygen atoms in total. The van der Waals surface area contributed by atoms with Crippen LogP contribution in [0.5, 0.6) is 0 Å². The van der Waals surface area contributed by atoms with Gasteiger partial charge < -0.3 is 9.32 Å². The molecule has 0 N–H and O–H groups in total. The number of amides is 1. The Morgan fingerprint density at radius 1 is 1.50 bits per heavy atom. The van der Waals surface area contributed by atoms with E-state index in [-0.39, 0.29) is 11.8 Å². The lowest BCUT2D eigenvalue weighted by atomic mass is 9.98. The third kappa shape index (κ3) is 2.92. The molecule has 0 aromatic carbocycles. The van der Waals surface area contributed by atoms with E-state index in [4.69, 9.17) is 4.42 Å². The van der Waals surface area contributed by atoms with Gasteiger partial charge >= 0.3 is 0 Å². The SMILES string of the molecule is Cc1csc([C@@H]2CCCN(C(=O)c3ncoc3C(C)C)C2)n1. The van der Waals surface area contributed by atoms with Crippen molar-refractivity contribution in [1.82, 2.24) is 14.9 Å². The van der Waals surface area contributed by atoms with Gasteiger partial charge in [-0.15, -0.1) is 11.3 Å². The molecular weight excluding hydrogens is 298 g/mol. The Hall–Kier alpha value is -1.69. The van der Waals surface area contributed by atoms with Crippen molar-refractivity contribution in [3.05, 3.63) is 33.9 Å². The summed E-state index contributed by atoms with van der Waals surface area (Å²) in [5.41, 5.74) is 1.52. The van der Waals surface area contributed by atoms with Crippen molar-refractivity contribution in [2.45, 2.75) is 45.4 Å². The van der Waals surface area contributed by atoms with Crippen LogP contribution in [0.15, 0.2) is 16.2 Å². The van der Waals surface area contributed by atoms with Gasteiger partial charge in [0.15, 0.2) is 12.1 Å². The molecule has 1 fully saturated rings. The quantitative estimate of drug-likeness (QED) is 0.867. The van der Waals surface area contributed by atoms with Gasteiger partial charge in [-0.2, -0.15) is 0 Å². The molecule has 3 heterocycles. The highest BCUT2D eigenvalue weighted by molar-refractivity contribution is 7.09. The standard InChI is InChI=1S/C16H21N3O2S/c1-10(2)14-13(17-9-21-14)16(20)19-6-4-5-12(7-19)15-18-11(3)8-22-15/h8-10,12H,4-7H2,1-3H3/t12-/m1/s1. The van der Waals surface area contributed by atoms with Gasteiger partial charge in [0.2, 0.25) is 0 Å². The molecule has 1 aliphatic heterocycles. The minimum absolute atomic E-state index is 0.0181. The van der Waals surface area contributed by atoms with Crippen molar-refractivity contribution in [2.24, 2.45) is 0 Å². The van der Waals surface area contributed by atoms with Gasteiger partial charge in [-0.3, -0.25) is 4.79 Å². The lowest BCUT2D eigenvalue weighted by molar-refractivity contribution is 0.0699. The minimum atomic E-state index is -0.0181. The maximum Gasteiger partial charge on any atom is 0.276 e. The summed E-state index contributed by atoms with van der Waals surface area (Å²) in [6.07, 6.45) is 3.46. The molecule has 22 heavy (non-hydrogen) atoms. The van der Waals surface area contributed by atoms with Crippen LogP contribution in [0.3, 0.4) is 0 Å². The van der Waals surface area contributed by atoms with E-state index < -0.39 is 0 Å². The Kier molecular flexibility index (Phi) is 4.29. The van der Waals surface area contributed by atoms with Crippen LogP contribution in [0.4, 0.5) is 0 Å². The molecule has 3 rings (SSSR count). The smallest absolute Gasteiger partial charge is 0.276 e. The zero-order valence-corrected chi connectivity index (χ0v) is 14.0. The molecule has 1 amide bonds. The van der Waals surface area contributed by atoms with Gasteiger partial charge in [0.05, 0.1) is 5.01 Å². The Morgan fingerprint density at radius 3 is 3.00 bits per heavy atom. The second-order valence-electron chi connectivity index (χ2n) is 6.14. The number of carbonyl (C=O) groups is 1. The van der Waals surface area contributed by atoms with E-state index in [2.05, 4.69) is 15.3 Å². The molecule has 0 unspecified atom stereocenters. The van der Waals surface area contributed by atoms with Crippen LogP contribution in [-0.4, -0.2) is 33.9 Å². The summed E-state index contributed by atoms with van der Waals surface area (Å²) in [6.45, 7) is 7.53. The highest BCUT2D eigenvalue weighted by Crippen LogP contribution is 2.30. The zero-order valence-electron chi connectivity index (χ0n) is 13.2. The summed E-state index contributed by atoms with van der Waals surface area (Å²) >= 11 is 1.69. The van der Waals surface area contributed by atoms with E-state index >= 15 is 0 Å². The van der Waals surface area contributed by atoms with Gasteiger partial charge in [-0.1, -0.05) is 13.8 Å². The normalized spacial score (nSPS) is 18.9. The average Bonchev–Trinajstić information content (AvgIpc) is 3.15. The molecule has 0 saturated carbocycles. The molecule has 0 bridgehead atoms. The number of likely N-dealkylation sites (tertiary alicyclic amines) is 1. The first-order valence-corrected chi connectivity index (χ1v) is 8.59. The highest BCUT2D eigenvalue weighted by atomic mass is 32.1. The predicted octanol–water partition coefficient (Wildman–Crippen LogP) is 3.58. The molecule has 118 valence electrons. The van der Waals surface area contributed by atoms with Crippen molar-refractivity contribution in [3.8, 4) is 0 Å². The lowest BCUT2D eigenvalue weighted by Crippen LogP contribution is -2.39. The Balaban J connectivity index is 1.77. The Labute approximate surface area is 134 Å². The van der Waals surface area contributed by atoms with Gasteiger partial charge in [-0.25, -0.2) is 9.97 Å². The zero-order chi connectivity index (χ0) is 15.7. The molecule has 6 heteroatoms. The highest BCUT2D eigenvalue weighted by Gasteiger charge is 2.30. The second kappa shape index (κ2) is 6.20. The fourth-order valence-corrected chi connectivity index (χ4v) is 3.82. The van der Waals surface area contributed by atoms with Gasteiger partial charge in [0, 0.05) is 36.0 Å². The number of hydrogen-bond donors (Lipinski definition) is 0. The number of hydrogen-bond acceptors (Lipinski definition) is 5. The minimum Gasteiger partial charge on any atom is -0.447 e. The van der Waals surface area contributed by atoms with Crippen LogP contribution < -0.4 is 0 Å². The maximum atomic E-state index is 12.8. The molecule has 0 aliphatic carbocycles. The molecule has 2 aromatic heterocycles. The number of oxazole rings is 1. The number of thiazole rings is 1. The lowest BCUT2D eigenvalue weighted by Gasteiger charge is -2.31. The molecule has 2 aromatic rings. The van der Waals surface area contributed by atoms with E-state index in [1.165, 1.54) is 6.39 Å². The van der Waals surface area contributed by atoms with Crippen LogP contribution in [0.2, 0.25) is 0 Å². The summed E-state index contributed by atoms with van der Waals surface area (Å²) in [6, 6.07) is 0. The Bertz CT molecular complexity index is 662. The molecule has 1 saturated heterocycles. The van der Waals surface area contributed by atoms with Crippen LogP contribution in [0.25, 0.3) is 0 Å². The largest absolute Gasteiger partial charge is 0.447 e. The molecule has 1 atom stereocenters. The average molecular weight is 319 g/mol. The van der Waals surface area contributed by atoms with E-state index in [1.807, 2.05) is 25.7 Å². The first-order valence-electron chi connectivity index (χ1n) is 7.71. The van der Waals surface area contributed by atoms with Crippen LogP contribution in [0, 0.1) is 6.92 Å². The van der Waals surface area contributed by atoms with Crippen molar-refractivity contribution in [1.29, 1.82) is 0 Å². The summed E-state index contributed by atoms with van der Waals surface area (Å²) in [7, 11) is 0. The summed E-state index contributed by atoms with van der Waals surface area (Å²) < 4.78 is 5.38. The first-order chi connectivity index (χ1) is 10.6. The van der Waals surface area contributed by atoms with Crippen LogP contribution >= 0.6 is 11.3 Å². The predicted molar refractivity (Wildman–Crippen MR) is 85.3 cm³/mol. The maximum absolute atomic E-state index is 12.8. The summed E-state index contributed by atoms with van der Waals surface area (Å²) in [4.78, 5) is 23.4. The fourth-order valence-electron chi connectivity index (χ4n) is 2.90. The third-order valence-corrected chi connectivity index (χ3v) is 5.14. The van der Waals surface area contributed by atoms with Crippen molar-refractivity contribution >= 4 is 17.2 Å². The first kappa shape index (κ1) is 15.2. The van der Waals surface area contributed by atoms with Crippen molar-refractivity contribution in [2.75, 3.05) is 13.1 Å². The van der Waals surface area contributed by atoms with E-state index in [9.17, 15) is 4.79 Å². The molecule has 1 aliphatic rings. The second-order valence-corrected chi connectivity index (χ2v) is 7.03. The van der Waals surface area contributed by atoms with Crippen LogP contribution in [0.1, 0.15) is 65.5 Å². The van der Waals surface area contributed by atoms with Crippen LogP contribution in [-0.2, 0) is 0 Å². The van der Waals surface area contributed by atoms with E-state index in [0.29, 0.717) is 17.4 Å². The van der Waals surface area contributed by atoms with Crippen molar-refractivity contribution in [3.63, 3.8) is 0 Å². The number of aryl methyl sites for hydroxylation is 1. The van der Waals surface area contributed by atoms with Crippen molar-refractivity contribution < 1.29 is 9.21 Å². The molecule has 0 radical (unpaired) electrons. The van der Waals surface area contributed by atoms with Gasteiger partial charge in [0.1, 0.15) is 5.76 Å². The number of carbonyl (C=O) groups excluding carboxylic acids is 1. The molecular formula is C16H21N3O2S. The number of rotatable bonds is 3. The number of aromatic nitrogens is 2. The summed E-state index contributed by atoms with van der Waals surface area (Å²) in [5.74, 6) is 1.15. The fraction of sp³-hybridized carbons (Fsp3) is 0.562.